The molecule has 4 amide bonds. The minimum atomic E-state index is -0.899. The lowest BCUT2D eigenvalue weighted by Crippen LogP contribution is -2.43. The molecule has 4 aliphatic rings. The number of carboxylic acid groups (broad SMARTS) is 2. The molecule has 6 unspecified atom stereocenters. The van der Waals surface area contributed by atoms with Gasteiger partial charge in [-0.15, -0.1) is 0 Å². The third-order valence-corrected chi connectivity index (χ3v) is 10.4. The number of hydrogen-bond donors (Lipinski definition) is 3. The van der Waals surface area contributed by atoms with Gasteiger partial charge >= 0.3 is 11.9 Å². The van der Waals surface area contributed by atoms with E-state index in [-0.39, 0.29) is 73.2 Å². The fourth-order valence-electron chi connectivity index (χ4n) is 8.09. The zero-order chi connectivity index (χ0) is 35.4. The lowest BCUT2D eigenvalue weighted by molar-refractivity contribution is -0.142. The van der Waals surface area contributed by atoms with Crippen LogP contribution in [0.3, 0.4) is 0 Å². The monoisotopic (exact) mass is 680 g/mol. The number of imide groups is 2. The molecule has 2 heterocycles. The largest absolute Gasteiger partial charge is 0.502 e. The van der Waals surface area contributed by atoms with Gasteiger partial charge in [-0.3, -0.25) is 38.6 Å². The van der Waals surface area contributed by atoms with E-state index in [9.17, 15) is 33.9 Å². The normalized spacial score (nSPS) is 26.1. The number of fused-ring (bicyclic) bond motifs is 4. The number of amides is 4. The summed E-state index contributed by atoms with van der Waals surface area (Å²) in [6.07, 6.45) is 9.19. The Kier molecular flexibility index (Phi) is 11.1. The Bertz CT molecular complexity index is 1540. The number of aromatic hydroxyl groups is 1. The molecule has 13 heteroatoms. The standard InChI is InChI=1S/C36H44N2O11/c1-48-26-17-20(18-27(49-2)32(26)43)11-12-22-21-13-14-23-31(36(47)37(33(23)44)15-7-3-5-9-28(39)40)24(21)19-25-30(22)35(46)38(34(25)45)16-8-4-6-10-29(41)42/h11-13,17-18,22-25,30-31,43H,3-10,14-16,19H2,1-2H3,(H,39,40)(H,41,42). The van der Waals surface area contributed by atoms with E-state index in [1.807, 2.05) is 12.2 Å². The van der Waals surface area contributed by atoms with Crippen molar-refractivity contribution in [2.45, 2.75) is 64.2 Å². The van der Waals surface area contributed by atoms with E-state index in [1.165, 1.54) is 24.0 Å². The Morgan fingerprint density at radius 3 is 1.82 bits per heavy atom. The molecule has 13 nitrogen and oxygen atoms in total. The van der Waals surface area contributed by atoms with Gasteiger partial charge in [0.2, 0.25) is 29.4 Å². The number of carbonyl (C=O) groups excluding carboxylic acids is 4. The summed E-state index contributed by atoms with van der Waals surface area (Å²) in [5.41, 5.74) is 1.47. The Morgan fingerprint density at radius 1 is 0.755 bits per heavy atom. The first-order valence-corrected chi connectivity index (χ1v) is 17.0. The molecule has 0 aromatic heterocycles. The first-order valence-electron chi connectivity index (χ1n) is 17.0. The smallest absolute Gasteiger partial charge is 0.303 e. The number of benzene rings is 1. The van der Waals surface area contributed by atoms with E-state index in [1.54, 1.807) is 18.2 Å². The van der Waals surface area contributed by atoms with Gasteiger partial charge in [-0.2, -0.15) is 0 Å². The maximum Gasteiger partial charge on any atom is 0.303 e. The number of likely N-dealkylation sites (tertiary alicyclic amines) is 2. The molecule has 1 aromatic rings. The predicted octanol–water partition coefficient (Wildman–Crippen LogP) is 3.88. The molecule has 1 saturated carbocycles. The number of aliphatic carboxylic acids is 2. The van der Waals surface area contributed by atoms with E-state index in [0.29, 0.717) is 50.5 Å². The van der Waals surface area contributed by atoms with Crippen molar-refractivity contribution in [3.63, 3.8) is 0 Å². The van der Waals surface area contributed by atoms with Gasteiger partial charge < -0.3 is 24.8 Å². The number of methoxy groups -OCH3 is 2. The average molecular weight is 681 g/mol. The van der Waals surface area contributed by atoms with E-state index >= 15 is 0 Å². The molecule has 264 valence electrons. The zero-order valence-corrected chi connectivity index (χ0v) is 27.8. The number of hydrogen-bond acceptors (Lipinski definition) is 9. The van der Waals surface area contributed by atoms with Crippen LogP contribution in [0.15, 0.2) is 29.9 Å². The number of allylic oxidation sites excluding steroid dienone is 3. The van der Waals surface area contributed by atoms with E-state index < -0.39 is 47.4 Å². The second kappa shape index (κ2) is 15.3. The Balaban J connectivity index is 1.43. The van der Waals surface area contributed by atoms with Crippen molar-refractivity contribution in [3.05, 3.63) is 35.4 Å². The van der Waals surface area contributed by atoms with Gasteiger partial charge in [-0.1, -0.05) is 36.6 Å². The third-order valence-electron chi connectivity index (χ3n) is 10.4. The highest BCUT2D eigenvalue weighted by Gasteiger charge is 2.61. The topological polar surface area (TPSA) is 188 Å². The van der Waals surface area contributed by atoms with Crippen LogP contribution in [0, 0.1) is 35.5 Å². The molecular weight excluding hydrogens is 636 g/mol. The fraction of sp³-hybridized carbons (Fsp3) is 0.556. The summed E-state index contributed by atoms with van der Waals surface area (Å²) in [6, 6.07) is 3.24. The third kappa shape index (κ3) is 7.20. The zero-order valence-electron chi connectivity index (χ0n) is 27.8. The highest BCUT2D eigenvalue weighted by Crippen LogP contribution is 2.55. The van der Waals surface area contributed by atoms with Crippen molar-refractivity contribution >= 4 is 41.6 Å². The van der Waals surface area contributed by atoms with Crippen molar-refractivity contribution < 1.29 is 53.6 Å². The highest BCUT2D eigenvalue weighted by atomic mass is 16.5. The second-order valence-electron chi connectivity index (χ2n) is 13.3. The highest BCUT2D eigenvalue weighted by molar-refractivity contribution is 6.07. The van der Waals surface area contributed by atoms with Gasteiger partial charge in [0.25, 0.3) is 0 Å². The molecule has 49 heavy (non-hydrogen) atoms. The molecule has 0 spiro atoms. The van der Waals surface area contributed by atoms with Crippen molar-refractivity contribution in [3.8, 4) is 17.2 Å². The van der Waals surface area contributed by atoms with E-state index in [4.69, 9.17) is 19.7 Å². The average Bonchev–Trinajstić information content (AvgIpc) is 3.46. The minimum Gasteiger partial charge on any atom is -0.502 e. The van der Waals surface area contributed by atoms with Gasteiger partial charge in [0.15, 0.2) is 11.5 Å². The van der Waals surface area contributed by atoms with Crippen LogP contribution in [0.2, 0.25) is 0 Å². The Hall–Kier alpha value is -4.68. The summed E-state index contributed by atoms with van der Waals surface area (Å²) in [5.74, 6) is -6.33. The van der Waals surface area contributed by atoms with E-state index in [0.717, 1.165) is 5.57 Å². The van der Waals surface area contributed by atoms with Gasteiger partial charge in [0.1, 0.15) is 0 Å². The number of carbonyl (C=O) groups is 6. The number of rotatable bonds is 16. The Morgan fingerprint density at radius 2 is 1.29 bits per heavy atom. The first-order chi connectivity index (χ1) is 23.5. The van der Waals surface area contributed by atoms with Crippen LogP contribution in [0.25, 0.3) is 6.08 Å². The van der Waals surface area contributed by atoms with Crippen LogP contribution >= 0.6 is 0 Å². The second-order valence-corrected chi connectivity index (χ2v) is 13.3. The number of phenolic OH excluding ortho intramolecular Hbond substituents is 1. The maximum atomic E-state index is 14.0. The van der Waals surface area contributed by atoms with Gasteiger partial charge in [-0.25, -0.2) is 0 Å². The van der Waals surface area contributed by atoms with Crippen LogP contribution in [0.4, 0.5) is 0 Å². The van der Waals surface area contributed by atoms with Crippen LogP contribution < -0.4 is 9.47 Å². The summed E-state index contributed by atoms with van der Waals surface area (Å²) in [4.78, 5) is 79.6. The number of phenols is 1. The summed E-state index contributed by atoms with van der Waals surface area (Å²) in [6.45, 7) is 0.384. The number of nitrogens with zero attached hydrogens (tertiary/aromatic N) is 2. The fourth-order valence-corrected chi connectivity index (χ4v) is 8.09. The van der Waals surface area contributed by atoms with Crippen molar-refractivity contribution in [1.29, 1.82) is 0 Å². The van der Waals surface area contributed by atoms with Crippen LogP contribution in [0.1, 0.15) is 69.8 Å². The maximum absolute atomic E-state index is 14.0. The molecule has 0 radical (unpaired) electrons. The minimum absolute atomic E-state index is 0.0112. The van der Waals surface area contributed by atoms with E-state index in [2.05, 4.69) is 0 Å². The lowest BCUT2D eigenvalue weighted by Gasteiger charge is -2.42. The number of ether oxygens (including phenoxy) is 2. The van der Waals surface area contributed by atoms with Crippen molar-refractivity contribution in [2.75, 3.05) is 27.3 Å². The van der Waals surface area contributed by atoms with Gasteiger partial charge in [0, 0.05) is 31.8 Å². The Labute approximate surface area is 284 Å². The molecule has 3 N–H and O–H groups in total. The molecule has 1 aromatic carbocycles. The molecular formula is C36H44N2O11. The SMILES string of the molecule is COc1cc(C=CC2C3=CCC4C(=O)N(CCCCCC(=O)O)C(=O)C4C3CC3C(=O)N(CCCCCC(=O)O)C(=O)C23)cc(OC)c1O. The van der Waals surface area contributed by atoms with Gasteiger partial charge in [0.05, 0.1) is 37.9 Å². The number of unbranched alkanes of at least 4 members (excludes halogenated alkanes) is 4. The molecule has 5 rings (SSSR count). The predicted molar refractivity (Wildman–Crippen MR) is 174 cm³/mol. The van der Waals surface area contributed by atoms with Crippen LogP contribution in [0.5, 0.6) is 17.2 Å². The molecule has 3 fully saturated rings. The first kappa shape index (κ1) is 35.6. The summed E-state index contributed by atoms with van der Waals surface area (Å²) in [7, 11) is 2.83. The molecule has 6 atom stereocenters. The molecule has 2 saturated heterocycles. The molecule has 2 aliphatic heterocycles. The van der Waals surface area contributed by atoms with Gasteiger partial charge in [-0.05, 0) is 62.1 Å². The van der Waals surface area contributed by atoms with Crippen LogP contribution in [-0.2, 0) is 28.8 Å². The molecule has 2 aliphatic carbocycles. The lowest BCUT2D eigenvalue weighted by atomic mass is 9.58. The summed E-state index contributed by atoms with van der Waals surface area (Å²) in [5, 5.41) is 28.3. The van der Waals surface area contributed by atoms with Crippen molar-refractivity contribution in [1.82, 2.24) is 9.80 Å². The summed E-state index contributed by atoms with van der Waals surface area (Å²) < 4.78 is 10.6. The number of carboxylic acids is 2. The summed E-state index contributed by atoms with van der Waals surface area (Å²) >= 11 is 0. The quantitative estimate of drug-likeness (QED) is 0.131. The van der Waals surface area contributed by atoms with Crippen LogP contribution in [-0.4, -0.2) is 88.0 Å². The molecule has 0 bridgehead atoms. The van der Waals surface area contributed by atoms with Crippen molar-refractivity contribution in [2.24, 2.45) is 35.5 Å².